The lowest BCUT2D eigenvalue weighted by atomic mass is 10.1. The van der Waals surface area contributed by atoms with Crippen molar-refractivity contribution in [1.82, 2.24) is 10.5 Å². The largest absolute Gasteiger partial charge is 0.356 e. The molecule has 0 spiro atoms. The van der Waals surface area contributed by atoms with Crippen LogP contribution < -0.4 is 5.32 Å². The molecular formula is C16H22N2O. The van der Waals surface area contributed by atoms with Crippen molar-refractivity contribution >= 4 is 0 Å². The Morgan fingerprint density at radius 2 is 1.95 bits per heavy atom. The molecule has 0 aliphatic rings. The Balaban J connectivity index is 2.05. The van der Waals surface area contributed by atoms with Gasteiger partial charge in [-0.15, -0.1) is 0 Å². The molecule has 1 heterocycles. The average Bonchev–Trinajstić information content (AvgIpc) is 2.86. The summed E-state index contributed by atoms with van der Waals surface area (Å²) in [5.74, 6) is 0.837. The van der Waals surface area contributed by atoms with Gasteiger partial charge in [-0.25, -0.2) is 0 Å². The third-order valence-electron chi connectivity index (χ3n) is 3.03. The quantitative estimate of drug-likeness (QED) is 0.856. The minimum absolute atomic E-state index is 0.452. The minimum Gasteiger partial charge on any atom is -0.356 e. The monoisotopic (exact) mass is 258 g/mol. The van der Waals surface area contributed by atoms with Crippen LogP contribution >= 0.6 is 0 Å². The van der Waals surface area contributed by atoms with E-state index < -0.39 is 0 Å². The van der Waals surface area contributed by atoms with E-state index in [1.807, 2.05) is 6.07 Å². The van der Waals surface area contributed by atoms with E-state index in [1.165, 1.54) is 12.0 Å². The molecule has 0 unspecified atom stereocenters. The van der Waals surface area contributed by atoms with E-state index in [0.717, 1.165) is 30.0 Å². The predicted octanol–water partition coefficient (Wildman–Crippen LogP) is 3.79. The lowest BCUT2D eigenvalue weighted by Crippen LogP contribution is -2.21. The molecule has 0 saturated heterocycles. The normalized spacial score (nSPS) is 11.2. The molecule has 19 heavy (non-hydrogen) atoms. The van der Waals surface area contributed by atoms with Gasteiger partial charge < -0.3 is 9.84 Å². The van der Waals surface area contributed by atoms with Crippen LogP contribution in [0.4, 0.5) is 0 Å². The Morgan fingerprint density at radius 1 is 1.21 bits per heavy atom. The van der Waals surface area contributed by atoms with Crippen molar-refractivity contribution in [3.05, 3.63) is 41.6 Å². The summed E-state index contributed by atoms with van der Waals surface area (Å²) in [5.41, 5.74) is 3.40. The Hall–Kier alpha value is -1.61. The fraction of sp³-hybridized carbons (Fsp3) is 0.438. The molecule has 1 N–H and O–H groups in total. The van der Waals surface area contributed by atoms with Crippen molar-refractivity contribution in [2.45, 2.75) is 46.2 Å². The van der Waals surface area contributed by atoms with Crippen LogP contribution in [-0.4, -0.2) is 11.2 Å². The lowest BCUT2D eigenvalue weighted by Gasteiger charge is -2.03. The highest BCUT2D eigenvalue weighted by Gasteiger charge is 2.07. The van der Waals surface area contributed by atoms with Gasteiger partial charge in [0.2, 0.25) is 0 Å². The second-order valence-corrected chi connectivity index (χ2v) is 5.17. The van der Waals surface area contributed by atoms with E-state index in [9.17, 15) is 0 Å². The van der Waals surface area contributed by atoms with E-state index in [-0.39, 0.29) is 0 Å². The van der Waals surface area contributed by atoms with Crippen molar-refractivity contribution in [3.63, 3.8) is 0 Å². The van der Waals surface area contributed by atoms with Crippen LogP contribution in [0, 0.1) is 0 Å². The Kier molecular flexibility index (Phi) is 4.74. The zero-order valence-electron chi connectivity index (χ0n) is 11.9. The predicted molar refractivity (Wildman–Crippen MR) is 77.9 cm³/mol. The van der Waals surface area contributed by atoms with E-state index in [0.29, 0.717) is 6.04 Å². The highest BCUT2D eigenvalue weighted by molar-refractivity contribution is 5.57. The fourth-order valence-electron chi connectivity index (χ4n) is 1.96. The van der Waals surface area contributed by atoms with E-state index in [4.69, 9.17) is 4.52 Å². The van der Waals surface area contributed by atoms with Gasteiger partial charge in [0.15, 0.2) is 5.76 Å². The summed E-state index contributed by atoms with van der Waals surface area (Å²) < 4.78 is 5.39. The summed E-state index contributed by atoms with van der Waals surface area (Å²) in [4.78, 5) is 0. The maximum atomic E-state index is 5.39. The van der Waals surface area contributed by atoms with Crippen LogP contribution in [0.5, 0.6) is 0 Å². The molecule has 0 fully saturated rings. The first-order valence-corrected chi connectivity index (χ1v) is 6.97. The first-order valence-electron chi connectivity index (χ1n) is 6.97. The molecule has 0 aliphatic heterocycles. The Labute approximate surface area is 115 Å². The highest BCUT2D eigenvalue weighted by atomic mass is 16.5. The SMILES string of the molecule is CCCc1ccc(-c2cc(CNC(C)C)no2)cc1. The van der Waals surface area contributed by atoms with Crippen molar-refractivity contribution < 1.29 is 4.52 Å². The smallest absolute Gasteiger partial charge is 0.167 e. The first kappa shape index (κ1) is 13.8. The first-order chi connectivity index (χ1) is 9.19. The number of aromatic nitrogens is 1. The standard InChI is InChI=1S/C16H22N2O/c1-4-5-13-6-8-14(9-7-13)16-10-15(18-19-16)11-17-12(2)3/h6-10,12,17H,4-5,11H2,1-3H3. The molecule has 2 rings (SSSR count). The molecule has 0 radical (unpaired) electrons. The number of hydrogen-bond donors (Lipinski definition) is 1. The van der Waals surface area contributed by atoms with Gasteiger partial charge in [0.05, 0.1) is 5.69 Å². The molecule has 0 saturated carbocycles. The maximum absolute atomic E-state index is 5.39. The molecule has 1 aromatic carbocycles. The fourth-order valence-corrected chi connectivity index (χ4v) is 1.96. The maximum Gasteiger partial charge on any atom is 0.167 e. The summed E-state index contributed by atoms with van der Waals surface area (Å²) in [7, 11) is 0. The number of rotatable bonds is 6. The van der Waals surface area contributed by atoms with Crippen LogP contribution in [0.25, 0.3) is 11.3 Å². The van der Waals surface area contributed by atoms with Crippen LogP contribution in [-0.2, 0) is 13.0 Å². The van der Waals surface area contributed by atoms with Crippen molar-refractivity contribution in [2.24, 2.45) is 0 Å². The molecule has 3 heteroatoms. The zero-order valence-corrected chi connectivity index (χ0v) is 11.9. The van der Waals surface area contributed by atoms with Gasteiger partial charge in [0.1, 0.15) is 0 Å². The molecule has 0 bridgehead atoms. The van der Waals surface area contributed by atoms with Gasteiger partial charge in [-0.2, -0.15) is 0 Å². The zero-order chi connectivity index (χ0) is 13.7. The van der Waals surface area contributed by atoms with Gasteiger partial charge in [-0.05, 0) is 12.0 Å². The summed E-state index contributed by atoms with van der Waals surface area (Å²) in [6.07, 6.45) is 2.30. The Morgan fingerprint density at radius 3 is 2.58 bits per heavy atom. The molecule has 102 valence electrons. The summed E-state index contributed by atoms with van der Waals surface area (Å²) in [6.45, 7) is 7.17. The van der Waals surface area contributed by atoms with Crippen LogP contribution in [0.2, 0.25) is 0 Å². The number of nitrogens with one attached hydrogen (secondary N) is 1. The molecule has 3 nitrogen and oxygen atoms in total. The number of hydrogen-bond acceptors (Lipinski definition) is 3. The minimum atomic E-state index is 0.452. The molecule has 0 aliphatic carbocycles. The van der Waals surface area contributed by atoms with Gasteiger partial charge >= 0.3 is 0 Å². The molecule has 1 aromatic heterocycles. The number of benzene rings is 1. The van der Waals surface area contributed by atoms with E-state index >= 15 is 0 Å². The topological polar surface area (TPSA) is 38.1 Å². The highest BCUT2D eigenvalue weighted by Crippen LogP contribution is 2.21. The summed E-state index contributed by atoms with van der Waals surface area (Å²) in [5, 5.41) is 7.42. The van der Waals surface area contributed by atoms with Crippen molar-refractivity contribution in [2.75, 3.05) is 0 Å². The third kappa shape index (κ3) is 3.93. The summed E-state index contributed by atoms with van der Waals surface area (Å²) in [6, 6.07) is 11.0. The van der Waals surface area contributed by atoms with Crippen molar-refractivity contribution in [3.8, 4) is 11.3 Å². The second kappa shape index (κ2) is 6.53. The second-order valence-electron chi connectivity index (χ2n) is 5.17. The number of nitrogens with zero attached hydrogens (tertiary/aromatic N) is 1. The van der Waals surface area contributed by atoms with Crippen LogP contribution in [0.1, 0.15) is 38.4 Å². The third-order valence-corrected chi connectivity index (χ3v) is 3.03. The van der Waals surface area contributed by atoms with Gasteiger partial charge in [-0.1, -0.05) is 56.6 Å². The average molecular weight is 258 g/mol. The van der Waals surface area contributed by atoms with E-state index in [2.05, 4.69) is 55.5 Å². The molecule has 0 atom stereocenters. The lowest BCUT2D eigenvalue weighted by molar-refractivity contribution is 0.417. The van der Waals surface area contributed by atoms with Crippen molar-refractivity contribution in [1.29, 1.82) is 0 Å². The molecule has 2 aromatic rings. The van der Waals surface area contributed by atoms with Crippen LogP contribution in [0.3, 0.4) is 0 Å². The molecule has 0 amide bonds. The Bertz CT molecular complexity index is 500. The van der Waals surface area contributed by atoms with Crippen LogP contribution in [0.15, 0.2) is 34.9 Å². The summed E-state index contributed by atoms with van der Waals surface area (Å²) >= 11 is 0. The molecular weight excluding hydrogens is 236 g/mol. The van der Waals surface area contributed by atoms with Gasteiger partial charge in [0, 0.05) is 24.2 Å². The number of aryl methyl sites for hydroxylation is 1. The van der Waals surface area contributed by atoms with E-state index in [1.54, 1.807) is 0 Å². The van der Waals surface area contributed by atoms with Gasteiger partial charge in [0.25, 0.3) is 0 Å². The van der Waals surface area contributed by atoms with Gasteiger partial charge in [-0.3, -0.25) is 0 Å².